The summed E-state index contributed by atoms with van der Waals surface area (Å²) in [5, 5.41) is 4.84. The normalized spacial score (nSPS) is 31.7. The van der Waals surface area contributed by atoms with E-state index in [4.69, 9.17) is 4.99 Å². The lowest BCUT2D eigenvalue weighted by molar-refractivity contribution is 0.262. The minimum Gasteiger partial charge on any atom is -0.362 e. The van der Waals surface area contributed by atoms with Crippen LogP contribution in [0, 0.1) is 17.3 Å². The van der Waals surface area contributed by atoms with Gasteiger partial charge in [-0.2, -0.15) is 0 Å². The van der Waals surface area contributed by atoms with Crippen LogP contribution in [0.5, 0.6) is 0 Å². The molecule has 1 heterocycles. The van der Waals surface area contributed by atoms with E-state index in [9.17, 15) is 0 Å². The van der Waals surface area contributed by atoms with Crippen molar-refractivity contribution < 1.29 is 0 Å². The molecule has 1 N–H and O–H groups in total. The van der Waals surface area contributed by atoms with Gasteiger partial charge in [-0.25, -0.2) is 0 Å². The third kappa shape index (κ3) is 3.18. The fourth-order valence-electron chi connectivity index (χ4n) is 2.36. The molecule has 0 aromatic rings. The summed E-state index contributed by atoms with van der Waals surface area (Å²) in [7, 11) is 0. The van der Waals surface area contributed by atoms with Gasteiger partial charge in [-0.05, 0) is 30.1 Å². The molecule has 1 aliphatic heterocycles. The van der Waals surface area contributed by atoms with Gasteiger partial charge in [0.2, 0.25) is 0 Å². The summed E-state index contributed by atoms with van der Waals surface area (Å²) in [6.07, 6.45) is 4.15. The Morgan fingerprint density at radius 1 is 1.41 bits per heavy atom. The van der Waals surface area contributed by atoms with E-state index in [-0.39, 0.29) is 0 Å². The number of nitrogens with one attached hydrogen (secondary N) is 1. The summed E-state index contributed by atoms with van der Waals surface area (Å²) < 4.78 is 0. The molecule has 0 aromatic heterocycles. The van der Waals surface area contributed by atoms with Crippen LogP contribution in [0.25, 0.3) is 0 Å². The molecule has 2 atom stereocenters. The van der Waals surface area contributed by atoms with Crippen LogP contribution in [0.4, 0.5) is 0 Å². The first kappa shape index (κ1) is 13.3. The maximum atomic E-state index is 4.81. The van der Waals surface area contributed by atoms with E-state index < -0.39 is 0 Å². The van der Waals surface area contributed by atoms with E-state index in [1.807, 2.05) is 11.8 Å². The van der Waals surface area contributed by atoms with Crippen LogP contribution >= 0.6 is 11.8 Å². The van der Waals surface area contributed by atoms with Crippen molar-refractivity contribution in [2.45, 2.75) is 53.0 Å². The molecule has 98 valence electrons. The fraction of sp³-hybridized carbons (Fsp3) is 0.929. The quantitative estimate of drug-likeness (QED) is 0.833. The second kappa shape index (κ2) is 5.21. The van der Waals surface area contributed by atoms with Gasteiger partial charge in [-0.1, -0.05) is 45.9 Å². The molecule has 3 heteroatoms. The number of rotatable bonds is 3. The van der Waals surface area contributed by atoms with Crippen molar-refractivity contribution in [3.8, 4) is 0 Å². The van der Waals surface area contributed by atoms with Crippen molar-refractivity contribution in [2.75, 3.05) is 12.3 Å². The van der Waals surface area contributed by atoms with Gasteiger partial charge in [0.25, 0.3) is 0 Å². The summed E-state index contributed by atoms with van der Waals surface area (Å²) in [4.78, 5) is 4.81. The van der Waals surface area contributed by atoms with Crippen LogP contribution in [0.15, 0.2) is 4.99 Å². The Hall–Kier alpha value is -0.180. The third-order valence-electron chi connectivity index (χ3n) is 4.60. The Bertz CT molecular complexity index is 297. The van der Waals surface area contributed by atoms with Crippen LogP contribution in [0.1, 0.15) is 47.0 Å². The largest absolute Gasteiger partial charge is 0.362 e. The van der Waals surface area contributed by atoms with Crippen LogP contribution in [0.3, 0.4) is 0 Å². The molecule has 0 aromatic carbocycles. The zero-order valence-corrected chi connectivity index (χ0v) is 12.4. The number of thioether (sulfide) groups is 1. The Kier molecular flexibility index (Phi) is 4.06. The van der Waals surface area contributed by atoms with E-state index in [1.54, 1.807) is 0 Å². The molecule has 2 fully saturated rings. The first-order valence-corrected chi connectivity index (χ1v) is 7.91. The lowest BCUT2D eigenvalue weighted by Crippen LogP contribution is -2.42. The van der Waals surface area contributed by atoms with Gasteiger partial charge >= 0.3 is 0 Å². The number of fused-ring (bicyclic) bond motifs is 1. The Morgan fingerprint density at radius 2 is 2.18 bits per heavy atom. The predicted octanol–water partition coefficient (Wildman–Crippen LogP) is 3.53. The Balaban J connectivity index is 1.90. The molecule has 2 rings (SSSR count). The molecular weight excluding hydrogens is 228 g/mol. The van der Waals surface area contributed by atoms with Crippen molar-refractivity contribution in [2.24, 2.45) is 22.2 Å². The van der Waals surface area contributed by atoms with Gasteiger partial charge in [0.15, 0.2) is 5.17 Å². The standard InChI is InChI=1S/C14H26N2S/c1-10(2)14(3,4)9-15-13-16-12-7-5-6-11(12)8-17-13/h10-12H,5-9H2,1-4H3,(H,15,16). The topological polar surface area (TPSA) is 24.4 Å². The second-order valence-electron chi connectivity index (χ2n) is 6.52. The first-order chi connectivity index (χ1) is 7.99. The molecule has 1 aliphatic carbocycles. The molecule has 0 bridgehead atoms. The van der Waals surface area contributed by atoms with Crippen LogP contribution < -0.4 is 5.32 Å². The number of nitrogens with zero attached hydrogens (tertiary/aromatic N) is 1. The summed E-state index contributed by atoms with van der Waals surface area (Å²) in [6, 6.07) is 0.720. The van der Waals surface area contributed by atoms with E-state index >= 15 is 0 Å². The van der Waals surface area contributed by atoms with Crippen LogP contribution in [-0.2, 0) is 0 Å². The number of hydrogen-bond donors (Lipinski definition) is 1. The molecule has 0 radical (unpaired) electrons. The van der Waals surface area contributed by atoms with E-state index in [1.165, 1.54) is 30.2 Å². The summed E-state index contributed by atoms with van der Waals surface area (Å²) in [6.45, 7) is 10.1. The van der Waals surface area contributed by atoms with Crippen LogP contribution in [0.2, 0.25) is 0 Å². The van der Waals surface area contributed by atoms with E-state index in [0.29, 0.717) is 11.3 Å². The highest BCUT2D eigenvalue weighted by Gasteiger charge is 2.32. The highest BCUT2D eigenvalue weighted by Crippen LogP contribution is 2.33. The van der Waals surface area contributed by atoms with Gasteiger partial charge < -0.3 is 5.32 Å². The van der Waals surface area contributed by atoms with Crippen molar-refractivity contribution in [3.63, 3.8) is 0 Å². The minimum absolute atomic E-state index is 0.307. The molecule has 1 saturated carbocycles. The molecule has 17 heavy (non-hydrogen) atoms. The summed E-state index contributed by atoms with van der Waals surface area (Å²) >= 11 is 1.93. The molecule has 0 spiro atoms. The summed E-state index contributed by atoms with van der Waals surface area (Å²) in [5.74, 6) is 2.86. The van der Waals surface area contributed by atoms with Gasteiger partial charge in [0, 0.05) is 18.3 Å². The number of aliphatic imine (C=N–C) groups is 1. The fourth-order valence-corrected chi connectivity index (χ4v) is 3.52. The Labute approximate surface area is 110 Å². The monoisotopic (exact) mass is 254 g/mol. The average molecular weight is 254 g/mol. The van der Waals surface area contributed by atoms with Gasteiger partial charge in [-0.3, -0.25) is 4.99 Å². The molecule has 1 saturated heterocycles. The van der Waals surface area contributed by atoms with Gasteiger partial charge in [0.05, 0.1) is 0 Å². The Morgan fingerprint density at radius 3 is 2.88 bits per heavy atom. The third-order valence-corrected chi connectivity index (χ3v) is 5.71. The minimum atomic E-state index is 0.307. The predicted molar refractivity (Wildman–Crippen MR) is 77.6 cm³/mol. The molecule has 0 amide bonds. The molecule has 2 nitrogen and oxygen atoms in total. The number of hydrogen-bond acceptors (Lipinski definition) is 2. The zero-order valence-electron chi connectivity index (χ0n) is 11.6. The maximum absolute atomic E-state index is 4.81. The van der Waals surface area contributed by atoms with Crippen molar-refractivity contribution in [3.05, 3.63) is 0 Å². The SMILES string of the molecule is CC(C)C(C)(C)CN=C1NC2CCCC2CS1. The van der Waals surface area contributed by atoms with E-state index in [0.717, 1.165) is 18.5 Å². The molecule has 2 aliphatic rings. The average Bonchev–Trinajstić information content (AvgIpc) is 2.73. The highest BCUT2D eigenvalue weighted by molar-refractivity contribution is 8.13. The van der Waals surface area contributed by atoms with Crippen molar-refractivity contribution in [1.29, 1.82) is 0 Å². The van der Waals surface area contributed by atoms with Crippen LogP contribution in [-0.4, -0.2) is 23.5 Å². The zero-order chi connectivity index (χ0) is 12.5. The number of amidine groups is 1. The van der Waals surface area contributed by atoms with Gasteiger partial charge in [-0.15, -0.1) is 0 Å². The lowest BCUT2D eigenvalue weighted by atomic mass is 9.81. The van der Waals surface area contributed by atoms with Gasteiger partial charge in [0.1, 0.15) is 0 Å². The smallest absolute Gasteiger partial charge is 0.156 e. The van der Waals surface area contributed by atoms with Crippen molar-refractivity contribution in [1.82, 2.24) is 5.32 Å². The summed E-state index contributed by atoms with van der Waals surface area (Å²) in [5.41, 5.74) is 0.307. The first-order valence-electron chi connectivity index (χ1n) is 6.93. The second-order valence-corrected chi connectivity index (χ2v) is 7.53. The highest BCUT2D eigenvalue weighted by atomic mass is 32.2. The molecular formula is C14H26N2S. The molecule has 2 unspecified atom stereocenters. The lowest BCUT2D eigenvalue weighted by Gasteiger charge is -2.30. The van der Waals surface area contributed by atoms with E-state index in [2.05, 4.69) is 33.0 Å². The maximum Gasteiger partial charge on any atom is 0.156 e. The van der Waals surface area contributed by atoms with Crippen molar-refractivity contribution >= 4 is 16.9 Å².